The summed E-state index contributed by atoms with van der Waals surface area (Å²) in [6.07, 6.45) is -3.69. The van der Waals surface area contributed by atoms with Crippen LogP contribution in [0.25, 0.3) is 0 Å². The number of anilines is 1. The third-order valence-corrected chi connectivity index (χ3v) is 4.86. The van der Waals surface area contributed by atoms with E-state index >= 15 is 0 Å². The summed E-state index contributed by atoms with van der Waals surface area (Å²) < 4.78 is 37.6. The van der Waals surface area contributed by atoms with Crippen LogP contribution in [0.15, 0.2) is 78.0 Å². The van der Waals surface area contributed by atoms with Crippen LogP contribution in [0.2, 0.25) is 0 Å². The lowest BCUT2D eigenvalue weighted by atomic mass is 10.1. The van der Waals surface area contributed by atoms with Crippen LogP contribution in [0.4, 0.5) is 18.9 Å². The second-order valence-corrected chi connectivity index (χ2v) is 6.99. The minimum absolute atomic E-state index is 0.0358. The van der Waals surface area contributed by atoms with Crippen molar-refractivity contribution in [2.45, 2.75) is 11.2 Å². The number of hydrogen-bond donors (Lipinski definition) is 1. The molecule has 0 aliphatic carbocycles. The lowest BCUT2D eigenvalue weighted by Gasteiger charge is -2.07. The van der Waals surface area contributed by atoms with Gasteiger partial charge in [0, 0.05) is 23.0 Å². The van der Waals surface area contributed by atoms with Gasteiger partial charge in [-0.3, -0.25) is 9.59 Å². The number of Topliss-reactive ketones (excluding diaryl/α,β-unsaturated/α-hetero) is 1. The van der Waals surface area contributed by atoms with Crippen molar-refractivity contribution in [2.75, 3.05) is 11.1 Å². The molecule has 0 saturated heterocycles. The second kappa shape index (κ2) is 8.91. The molecule has 2 aromatic carbocycles. The maximum atomic E-state index is 12.5. The highest BCUT2D eigenvalue weighted by atomic mass is 32.2. The smallest absolute Gasteiger partial charge is 0.322 e. The first kappa shape index (κ1) is 20.6. The molecule has 0 spiro atoms. The van der Waals surface area contributed by atoms with Gasteiger partial charge < -0.3 is 5.32 Å². The van der Waals surface area contributed by atoms with Gasteiger partial charge >= 0.3 is 6.18 Å². The number of aromatic nitrogens is 1. The number of pyridine rings is 1. The standard InChI is InChI=1S/C21H15F3N2O2S/c22-21(23,24)16-8-11-19(25-12-16)29-13-18(27)14-6-9-17(10-7-14)26-20(28)15-4-2-1-3-5-15/h1-12H,13H2,(H,26,28). The number of carbonyl (C=O) groups is 2. The van der Waals surface area contributed by atoms with Crippen LogP contribution in [0.3, 0.4) is 0 Å². The summed E-state index contributed by atoms with van der Waals surface area (Å²) in [5, 5.41) is 3.07. The highest BCUT2D eigenvalue weighted by molar-refractivity contribution is 7.99. The van der Waals surface area contributed by atoms with Crippen molar-refractivity contribution in [2.24, 2.45) is 0 Å². The molecule has 0 atom stereocenters. The molecular weight excluding hydrogens is 401 g/mol. The Morgan fingerprint density at radius 1 is 0.897 bits per heavy atom. The number of benzene rings is 2. The molecule has 0 unspecified atom stereocenters. The van der Waals surface area contributed by atoms with E-state index < -0.39 is 11.7 Å². The molecule has 3 rings (SSSR count). The van der Waals surface area contributed by atoms with Crippen LogP contribution in [0, 0.1) is 0 Å². The highest BCUT2D eigenvalue weighted by Gasteiger charge is 2.30. The van der Waals surface area contributed by atoms with Crippen molar-refractivity contribution in [1.82, 2.24) is 4.98 Å². The van der Waals surface area contributed by atoms with Crippen LogP contribution < -0.4 is 5.32 Å². The predicted molar refractivity (Wildman–Crippen MR) is 105 cm³/mol. The van der Waals surface area contributed by atoms with Crippen molar-refractivity contribution in [1.29, 1.82) is 0 Å². The minimum Gasteiger partial charge on any atom is -0.322 e. The van der Waals surface area contributed by atoms with Crippen molar-refractivity contribution in [3.05, 3.63) is 89.6 Å². The first-order valence-corrected chi connectivity index (χ1v) is 9.47. The molecule has 29 heavy (non-hydrogen) atoms. The molecule has 1 aromatic heterocycles. The molecule has 8 heteroatoms. The molecule has 1 heterocycles. The molecule has 1 N–H and O–H groups in total. The van der Waals surface area contributed by atoms with Crippen LogP contribution in [0.5, 0.6) is 0 Å². The van der Waals surface area contributed by atoms with E-state index in [4.69, 9.17) is 0 Å². The summed E-state index contributed by atoms with van der Waals surface area (Å²) in [7, 11) is 0. The number of thioether (sulfide) groups is 1. The van der Waals surface area contributed by atoms with E-state index in [1.165, 1.54) is 6.07 Å². The van der Waals surface area contributed by atoms with Crippen LogP contribution in [0.1, 0.15) is 26.3 Å². The summed E-state index contributed by atoms with van der Waals surface area (Å²) in [5.41, 5.74) is 0.670. The van der Waals surface area contributed by atoms with Crippen LogP contribution in [-0.2, 0) is 6.18 Å². The molecule has 0 saturated carbocycles. The average molecular weight is 416 g/mol. The summed E-state index contributed by atoms with van der Waals surface area (Å²) >= 11 is 1.06. The van der Waals surface area contributed by atoms with Gasteiger partial charge in [0.05, 0.1) is 16.3 Å². The molecule has 3 aromatic rings. The van der Waals surface area contributed by atoms with Gasteiger partial charge in [0.1, 0.15) is 0 Å². The topological polar surface area (TPSA) is 59.1 Å². The van der Waals surface area contributed by atoms with E-state index in [2.05, 4.69) is 10.3 Å². The SMILES string of the molecule is O=C(CSc1ccc(C(F)(F)F)cn1)c1ccc(NC(=O)c2ccccc2)cc1. The zero-order valence-electron chi connectivity index (χ0n) is 14.9. The van der Waals surface area contributed by atoms with E-state index in [1.54, 1.807) is 48.5 Å². The van der Waals surface area contributed by atoms with E-state index in [0.29, 0.717) is 21.8 Å². The fourth-order valence-corrected chi connectivity index (χ4v) is 3.13. The van der Waals surface area contributed by atoms with E-state index in [1.807, 2.05) is 6.07 Å². The van der Waals surface area contributed by atoms with Crippen molar-refractivity contribution >= 4 is 29.1 Å². The number of nitrogens with zero attached hydrogens (tertiary/aromatic N) is 1. The van der Waals surface area contributed by atoms with Gasteiger partial charge in [0.25, 0.3) is 5.91 Å². The number of ketones is 1. The number of carbonyl (C=O) groups excluding carboxylic acids is 2. The van der Waals surface area contributed by atoms with Gasteiger partial charge in [-0.15, -0.1) is 0 Å². The monoisotopic (exact) mass is 416 g/mol. The zero-order chi connectivity index (χ0) is 20.9. The Kier molecular flexibility index (Phi) is 6.33. The van der Waals surface area contributed by atoms with E-state index in [9.17, 15) is 22.8 Å². The minimum atomic E-state index is -4.44. The Labute approximate surface area is 169 Å². The summed E-state index contributed by atoms with van der Waals surface area (Å²) in [4.78, 5) is 28.1. The number of alkyl halides is 3. The molecule has 0 radical (unpaired) electrons. The number of hydrogen-bond acceptors (Lipinski definition) is 4. The zero-order valence-corrected chi connectivity index (χ0v) is 15.8. The van der Waals surface area contributed by atoms with Crippen molar-refractivity contribution in [3.63, 3.8) is 0 Å². The normalized spacial score (nSPS) is 11.1. The quantitative estimate of drug-likeness (QED) is 0.436. The first-order chi connectivity index (χ1) is 13.8. The molecule has 148 valence electrons. The number of halogens is 3. The summed E-state index contributed by atoms with van der Waals surface area (Å²) in [6.45, 7) is 0. The number of amides is 1. The lowest BCUT2D eigenvalue weighted by Crippen LogP contribution is -2.11. The third kappa shape index (κ3) is 5.68. The Morgan fingerprint density at radius 2 is 1.59 bits per heavy atom. The van der Waals surface area contributed by atoms with Gasteiger partial charge in [-0.1, -0.05) is 30.0 Å². The first-order valence-electron chi connectivity index (χ1n) is 8.48. The number of nitrogens with one attached hydrogen (secondary N) is 1. The maximum Gasteiger partial charge on any atom is 0.417 e. The van der Waals surface area contributed by atoms with Gasteiger partial charge in [0.15, 0.2) is 5.78 Å². The van der Waals surface area contributed by atoms with Gasteiger partial charge in [-0.25, -0.2) is 4.98 Å². The molecule has 1 amide bonds. The van der Waals surface area contributed by atoms with Gasteiger partial charge in [-0.05, 0) is 48.5 Å². The Morgan fingerprint density at radius 3 is 2.17 bits per heavy atom. The van der Waals surface area contributed by atoms with Gasteiger partial charge in [0.2, 0.25) is 0 Å². The number of rotatable bonds is 6. The van der Waals surface area contributed by atoms with E-state index in [-0.39, 0.29) is 17.4 Å². The molecule has 0 fully saturated rings. The third-order valence-electron chi connectivity index (χ3n) is 3.92. The average Bonchev–Trinajstić information content (AvgIpc) is 2.73. The maximum absolute atomic E-state index is 12.5. The Hall–Kier alpha value is -3.13. The highest BCUT2D eigenvalue weighted by Crippen LogP contribution is 2.29. The molecule has 4 nitrogen and oxygen atoms in total. The Bertz CT molecular complexity index is 989. The summed E-state index contributed by atoms with van der Waals surface area (Å²) in [5.74, 6) is -0.417. The predicted octanol–water partition coefficient (Wildman–Crippen LogP) is 5.33. The fourth-order valence-electron chi connectivity index (χ4n) is 2.39. The van der Waals surface area contributed by atoms with E-state index in [0.717, 1.165) is 24.0 Å². The largest absolute Gasteiger partial charge is 0.417 e. The fraction of sp³-hybridized carbons (Fsp3) is 0.0952. The molecular formula is C21H15F3N2O2S. The molecule has 0 aliphatic heterocycles. The van der Waals surface area contributed by atoms with Crippen molar-refractivity contribution < 1.29 is 22.8 Å². The summed E-state index contributed by atoms with van der Waals surface area (Å²) in [6, 6.07) is 17.3. The molecule has 0 bridgehead atoms. The van der Waals surface area contributed by atoms with Crippen LogP contribution >= 0.6 is 11.8 Å². The van der Waals surface area contributed by atoms with Gasteiger partial charge in [-0.2, -0.15) is 13.2 Å². The lowest BCUT2D eigenvalue weighted by molar-refractivity contribution is -0.137. The second-order valence-electron chi connectivity index (χ2n) is 5.99. The van der Waals surface area contributed by atoms with Crippen LogP contribution in [-0.4, -0.2) is 22.4 Å². The molecule has 0 aliphatic rings. The van der Waals surface area contributed by atoms with Crippen molar-refractivity contribution in [3.8, 4) is 0 Å². The Balaban J connectivity index is 1.55.